The fourth-order valence-electron chi connectivity index (χ4n) is 1.78. The van der Waals surface area contributed by atoms with Crippen molar-refractivity contribution in [1.29, 1.82) is 0 Å². The molecule has 1 aromatic rings. The quantitative estimate of drug-likeness (QED) is 0.733. The highest BCUT2D eigenvalue weighted by Gasteiger charge is 2.27. The van der Waals surface area contributed by atoms with E-state index in [9.17, 15) is 0 Å². The maximum absolute atomic E-state index is 4.55. The molecule has 0 bridgehead atoms. The Hall–Kier alpha value is -0.830. The van der Waals surface area contributed by atoms with Crippen LogP contribution in [0.2, 0.25) is 0 Å². The molecular weight excluding hydrogens is 240 g/mol. The van der Waals surface area contributed by atoms with E-state index in [0.29, 0.717) is 0 Å². The van der Waals surface area contributed by atoms with E-state index in [0.717, 1.165) is 22.5 Å². The number of benzene rings is 1. The smallest absolute Gasteiger partial charge is 0.110 e. The SMILES string of the molecule is Brc1ccc2c(c1)=CN(C1CC1)CN=2. The molecule has 0 saturated heterocycles. The molecule has 14 heavy (non-hydrogen) atoms. The second kappa shape index (κ2) is 3.09. The van der Waals surface area contributed by atoms with Crippen molar-refractivity contribution < 1.29 is 0 Å². The van der Waals surface area contributed by atoms with Crippen molar-refractivity contribution in [3.63, 3.8) is 0 Å². The van der Waals surface area contributed by atoms with Gasteiger partial charge in [-0.15, -0.1) is 0 Å². The highest BCUT2D eigenvalue weighted by Crippen LogP contribution is 2.27. The van der Waals surface area contributed by atoms with Gasteiger partial charge in [-0.1, -0.05) is 15.9 Å². The van der Waals surface area contributed by atoms with Crippen molar-refractivity contribution in [2.24, 2.45) is 4.99 Å². The lowest BCUT2D eigenvalue weighted by Crippen LogP contribution is -2.36. The fraction of sp³-hybridized carbons (Fsp3) is 0.364. The number of nitrogens with zero attached hydrogens (tertiary/aromatic N) is 2. The maximum Gasteiger partial charge on any atom is 0.110 e. The lowest BCUT2D eigenvalue weighted by molar-refractivity contribution is 0.404. The molecule has 0 N–H and O–H groups in total. The highest BCUT2D eigenvalue weighted by atomic mass is 79.9. The number of hydrogen-bond acceptors (Lipinski definition) is 2. The largest absolute Gasteiger partial charge is 0.355 e. The van der Waals surface area contributed by atoms with Crippen LogP contribution in [0.3, 0.4) is 0 Å². The molecule has 0 radical (unpaired) electrons. The first-order valence-corrected chi connectivity index (χ1v) is 5.70. The van der Waals surface area contributed by atoms with Crippen LogP contribution in [0.5, 0.6) is 0 Å². The number of rotatable bonds is 1. The van der Waals surface area contributed by atoms with Crippen LogP contribution < -0.4 is 10.6 Å². The predicted molar refractivity (Wildman–Crippen MR) is 59.1 cm³/mol. The van der Waals surface area contributed by atoms with Gasteiger partial charge in [0, 0.05) is 21.9 Å². The summed E-state index contributed by atoms with van der Waals surface area (Å²) in [6.07, 6.45) is 4.90. The Labute approximate surface area is 91.1 Å². The van der Waals surface area contributed by atoms with Crippen LogP contribution in [0.15, 0.2) is 27.7 Å². The monoisotopic (exact) mass is 250 g/mol. The van der Waals surface area contributed by atoms with E-state index in [1.165, 1.54) is 18.1 Å². The van der Waals surface area contributed by atoms with Crippen molar-refractivity contribution >= 4 is 22.1 Å². The van der Waals surface area contributed by atoms with E-state index in [1.807, 2.05) is 6.07 Å². The molecule has 0 amide bonds. The summed E-state index contributed by atoms with van der Waals surface area (Å²) in [5, 5.41) is 2.35. The minimum absolute atomic E-state index is 0.755. The van der Waals surface area contributed by atoms with Gasteiger partial charge >= 0.3 is 0 Å². The van der Waals surface area contributed by atoms with Crippen molar-refractivity contribution in [2.75, 3.05) is 6.67 Å². The summed E-state index contributed by atoms with van der Waals surface area (Å²) in [6, 6.07) is 7.00. The molecule has 0 aromatic heterocycles. The fourth-order valence-corrected chi connectivity index (χ4v) is 2.16. The first-order valence-electron chi connectivity index (χ1n) is 4.90. The molecule has 1 fully saturated rings. The molecule has 1 saturated carbocycles. The maximum atomic E-state index is 4.55. The standard InChI is InChI=1S/C11H11BrN2/c12-9-1-4-11-8(5-9)6-14(7-13-11)10-2-3-10/h1,4-6,10H,2-3,7H2. The molecule has 2 nitrogen and oxygen atoms in total. The average Bonchev–Trinajstić information content (AvgIpc) is 3.00. The van der Waals surface area contributed by atoms with E-state index < -0.39 is 0 Å². The van der Waals surface area contributed by atoms with Crippen LogP contribution in [-0.2, 0) is 0 Å². The summed E-state index contributed by atoms with van der Waals surface area (Å²) < 4.78 is 1.13. The van der Waals surface area contributed by atoms with Crippen LogP contribution in [-0.4, -0.2) is 17.6 Å². The van der Waals surface area contributed by atoms with Gasteiger partial charge in [0.25, 0.3) is 0 Å². The van der Waals surface area contributed by atoms with Gasteiger partial charge in [0.1, 0.15) is 6.67 Å². The van der Waals surface area contributed by atoms with E-state index in [4.69, 9.17) is 0 Å². The summed E-state index contributed by atoms with van der Waals surface area (Å²) in [6.45, 7) is 0.833. The second-order valence-corrected chi connectivity index (χ2v) is 4.79. The molecule has 1 aliphatic heterocycles. The highest BCUT2D eigenvalue weighted by molar-refractivity contribution is 9.10. The Kier molecular flexibility index (Phi) is 1.87. The molecule has 3 heteroatoms. The summed E-state index contributed by atoms with van der Waals surface area (Å²) in [5.41, 5.74) is 0. The molecule has 1 heterocycles. The van der Waals surface area contributed by atoms with Gasteiger partial charge in [-0.2, -0.15) is 0 Å². The third-order valence-corrected chi connectivity index (χ3v) is 3.21. The lowest BCUT2D eigenvalue weighted by atomic mass is 10.2. The summed E-state index contributed by atoms with van der Waals surface area (Å²) in [4.78, 5) is 6.89. The number of fused-ring (bicyclic) bond motifs is 1. The van der Waals surface area contributed by atoms with Gasteiger partial charge < -0.3 is 4.90 Å². The topological polar surface area (TPSA) is 15.6 Å². The first kappa shape index (κ1) is 8.48. The van der Waals surface area contributed by atoms with E-state index >= 15 is 0 Å². The number of halogens is 1. The first-order chi connectivity index (χ1) is 6.83. The molecule has 2 aliphatic rings. The lowest BCUT2D eigenvalue weighted by Gasteiger charge is -2.19. The van der Waals surface area contributed by atoms with Gasteiger partial charge in [0.15, 0.2) is 0 Å². The van der Waals surface area contributed by atoms with Crippen LogP contribution >= 0.6 is 15.9 Å². The molecule has 0 unspecified atom stereocenters. The normalized spacial score (nSPS) is 19.6. The molecule has 0 atom stereocenters. The molecular formula is C11H11BrN2. The van der Waals surface area contributed by atoms with Crippen LogP contribution in [0.1, 0.15) is 12.8 Å². The van der Waals surface area contributed by atoms with Crippen molar-refractivity contribution in [3.8, 4) is 0 Å². The van der Waals surface area contributed by atoms with Gasteiger partial charge in [-0.25, -0.2) is 0 Å². The zero-order valence-electron chi connectivity index (χ0n) is 7.78. The van der Waals surface area contributed by atoms with Crippen molar-refractivity contribution in [1.82, 2.24) is 4.90 Å². The molecule has 1 aromatic carbocycles. The summed E-state index contributed by atoms with van der Waals surface area (Å²) in [7, 11) is 0. The Bertz CT molecular complexity index is 477. The zero-order valence-corrected chi connectivity index (χ0v) is 9.37. The number of hydrogen-bond donors (Lipinski definition) is 0. The Morgan fingerprint density at radius 2 is 2.21 bits per heavy atom. The zero-order chi connectivity index (χ0) is 9.54. The Balaban J connectivity index is 2.11. The van der Waals surface area contributed by atoms with E-state index in [-0.39, 0.29) is 0 Å². The van der Waals surface area contributed by atoms with Crippen molar-refractivity contribution in [2.45, 2.75) is 18.9 Å². The average molecular weight is 251 g/mol. The molecule has 3 rings (SSSR count). The molecule has 72 valence electrons. The van der Waals surface area contributed by atoms with Crippen LogP contribution in [0.4, 0.5) is 0 Å². The van der Waals surface area contributed by atoms with Gasteiger partial charge in [-0.3, -0.25) is 4.99 Å². The third kappa shape index (κ3) is 1.46. The van der Waals surface area contributed by atoms with E-state index in [1.54, 1.807) is 0 Å². The predicted octanol–water partition coefficient (Wildman–Crippen LogP) is 1.24. The van der Waals surface area contributed by atoms with Crippen LogP contribution in [0.25, 0.3) is 6.20 Å². The summed E-state index contributed by atoms with van der Waals surface area (Å²) in [5.74, 6) is 0. The van der Waals surface area contributed by atoms with E-state index in [2.05, 4.69) is 44.2 Å². The molecule has 0 spiro atoms. The molecule has 1 aliphatic carbocycles. The van der Waals surface area contributed by atoms with Gasteiger partial charge in [-0.05, 0) is 31.0 Å². The van der Waals surface area contributed by atoms with Gasteiger partial charge in [0.2, 0.25) is 0 Å². The minimum atomic E-state index is 0.755. The third-order valence-electron chi connectivity index (χ3n) is 2.71. The van der Waals surface area contributed by atoms with Gasteiger partial charge in [0.05, 0.1) is 5.36 Å². The summed E-state index contributed by atoms with van der Waals surface area (Å²) >= 11 is 3.48. The Morgan fingerprint density at radius 1 is 1.36 bits per heavy atom. The second-order valence-electron chi connectivity index (χ2n) is 3.88. The van der Waals surface area contributed by atoms with Crippen molar-refractivity contribution in [3.05, 3.63) is 33.2 Å². The minimum Gasteiger partial charge on any atom is -0.355 e. The Morgan fingerprint density at radius 3 is 3.00 bits per heavy atom. The van der Waals surface area contributed by atoms with Crippen LogP contribution in [0, 0.1) is 0 Å².